The minimum Gasteiger partial charge on any atom is -0.284 e. The summed E-state index contributed by atoms with van der Waals surface area (Å²) < 4.78 is 87.5. The van der Waals surface area contributed by atoms with Crippen molar-refractivity contribution in [3.8, 4) is 0 Å². The number of allylic oxidation sites excluding steroid dienone is 2. The predicted molar refractivity (Wildman–Crippen MR) is 47.0 cm³/mol. The molecular formula is C5Cl3F6OP. The Morgan fingerprint density at radius 1 is 0.938 bits per heavy atom. The summed E-state index contributed by atoms with van der Waals surface area (Å²) in [6, 6.07) is 0. The van der Waals surface area contributed by atoms with Gasteiger partial charge in [-0.3, -0.25) is 4.57 Å². The van der Waals surface area contributed by atoms with Gasteiger partial charge in [-0.05, 0) is 22.5 Å². The lowest BCUT2D eigenvalue weighted by atomic mass is 10.2. The Hall–Kier alpha value is 0.420. The molecule has 0 saturated carbocycles. The van der Waals surface area contributed by atoms with Crippen molar-refractivity contribution >= 4 is 39.9 Å². The standard InChI is InChI=1S/C5Cl3F6OP/c6-1-2(16(7,8)15)4(11,12)5(13,14)3(1,9)10. The highest BCUT2D eigenvalue weighted by Crippen LogP contribution is 2.76. The van der Waals surface area contributed by atoms with Crippen LogP contribution in [-0.4, -0.2) is 17.8 Å². The zero-order valence-corrected chi connectivity index (χ0v) is 9.92. The van der Waals surface area contributed by atoms with Gasteiger partial charge in [-0.2, -0.15) is 26.3 Å². The van der Waals surface area contributed by atoms with Crippen LogP contribution in [0.25, 0.3) is 0 Å². The number of rotatable bonds is 1. The lowest BCUT2D eigenvalue weighted by Crippen LogP contribution is -2.48. The van der Waals surface area contributed by atoms with Crippen molar-refractivity contribution in [2.45, 2.75) is 17.8 Å². The summed E-state index contributed by atoms with van der Waals surface area (Å²) in [4.78, 5) is 0. The van der Waals surface area contributed by atoms with Crippen LogP contribution in [0.3, 0.4) is 0 Å². The third-order valence-electron chi connectivity index (χ3n) is 1.83. The molecule has 11 heteroatoms. The maximum absolute atomic E-state index is 12.9. The summed E-state index contributed by atoms with van der Waals surface area (Å²) in [6.07, 6.45) is 0. The third kappa shape index (κ3) is 1.59. The van der Waals surface area contributed by atoms with E-state index in [0.29, 0.717) is 0 Å². The lowest BCUT2D eigenvalue weighted by molar-refractivity contribution is -0.261. The van der Waals surface area contributed by atoms with Crippen LogP contribution < -0.4 is 0 Å². The van der Waals surface area contributed by atoms with Crippen molar-refractivity contribution in [3.63, 3.8) is 0 Å². The second-order valence-electron chi connectivity index (χ2n) is 2.85. The quantitative estimate of drug-likeness (QED) is 0.488. The van der Waals surface area contributed by atoms with Crippen molar-refractivity contribution in [1.82, 2.24) is 0 Å². The summed E-state index contributed by atoms with van der Waals surface area (Å²) >= 11 is 14.1. The molecular weight excluding hydrogens is 327 g/mol. The second kappa shape index (κ2) is 3.46. The molecule has 0 spiro atoms. The molecule has 0 fully saturated rings. The fourth-order valence-corrected chi connectivity index (χ4v) is 3.88. The van der Waals surface area contributed by atoms with Gasteiger partial charge in [0.25, 0.3) is 5.85 Å². The van der Waals surface area contributed by atoms with Gasteiger partial charge in [0.05, 0.1) is 0 Å². The van der Waals surface area contributed by atoms with Crippen LogP contribution in [0.4, 0.5) is 26.3 Å². The molecule has 0 unspecified atom stereocenters. The fourth-order valence-electron chi connectivity index (χ4n) is 1.05. The first kappa shape index (κ1) is 14.5. The van der Waals surface area contributed by atoms with Crippen LogP contribution >= 0.6 is 39.9 Å². The van der Waals surface area contributed by atoms with E-state index in [0.717, 1.165) is 0 Å². The molecule has 16 heavy (non-hydrogen) atoms. The van der Waals surface area contributed by atoms with Crippen LogP contribution in [0.5, 0.6) is 0 Å². The Morgan fingerprint density at radius 3 is 1.44 bits per heavy atom. The van der Waals surface area contributed by atoms with Gasteiger partial charge in [0.1, 0.15) is 10.3 Å². The molecule has 0 saturated heterocycles. The Morgan fingerprint density at radius 2 is 1.31 bits per heavy atom. The van der Waals surface area contributed by atoms with E-state index in [1.807, 2.05) is 0 Å². The first-order valence-corrected chi connectivity index (χ1v) is 7.21. The molecule has 0 heterocycles. The average molecular weight is 327 g/mol. The molecule has 94 valence electrons. The van der Waals surface area contributed by atoms with Gasteiger partial charge in [-0.15, -0.1) is 0 Å². The van der Waals surface area contributed by atoms with Gasteiger partial charge in [0.15, 0.2) is 0 Å². The molecule has 1 aliphatic carbocycles. The van der Waals surface area contributed by atoms with Crippen LogP contribution in [0.1, 0.15) is 0 Å². The number of hydrogen-bond donors (Lipinski definition) is 0. The zero-order valence-electron chi connectivity index (χ0n) is 6.76. The topological polar surface area (TPSA) is 17.1 Å². The molecule has 0 aromatic rings. The predicted octanol–water partition coefficient (Wildman–Crippen LogP) is 5.03. The molecule has 1 aliphatic rings. The van der Waals surface area contributed by atoms with Gasteiger partial charge in [0, 0.05) is 0 Å². The Labute approximate surface area is 99.3 Å². The van der Waals surface area contributed by atoms with E-state index in [1.54, 1.807) is 0 Å². The summed E-state index contributed by atoms with van der Waals surface area (Å²) in [5.41, 5.74) is 0. The van der Waals surface area contributed by atoms with Crippen molar-refractivity contribution in [1.29, 1.82) is 0 Å². The van der Waals surface area contributed by atoms with Gasteiger partial charge in [0.2, 0.25) is 0 Å². The molecule has 1 nitrogen and oxygen atoms in total. The molecule has 0 aromatic carbocycles. The zero-order chi connectivity index (χ0) is 13.2. The molecule has 0 radical (unpaired) electrons. The van der Waals surface area contributed by atoms with E-state index < -0.39 is 34.0 Å². The third-order valence-corrected chi connectivity index (χ3v) is 4.43. The fraction of sp³-hybridized carbons (Fsp3) is 0.600. The molecule has 0 atom stereocenters. The highest BCUT2D eigenvalue weighted by molar-refractivity contribution is 8.11. The van der Waals surface area contributed by atoms with Gasteiger partial charge in [-0.25, -0.2) is 0 Å². The van der Waals surface area contributed by atoms with E-state index in [2.05, 4.69) is 11.6 Å². The van der Waals surface area contributed by atoms with E-state index in [1.165, 1.54) is 0 Å². The molecule has 0 aromatic heterocycles. The second-order valence-corrected chi connectivity index (χ2v) is 7.97. The molecule has 0 N–H and O–H groups in total. The van der Waals surface area contributed by atoms with E-state index in [9.17, 15) is 30.9 Å². The van der Waals surface area contributed by atoms with Crippen LogP contribution in [0.15, 0.2) is 10.3 Å². The van der Waals surface area contributed by atoms with Crippen LogP contribution in [-0.2, 0) is 4.57 Å². The first-order valence-electron chi connectivity index (χ1n) is 3.32. The largest absolute Gasteiger partial charge is 0.381 e. The van der Waals surface area contributed by atoms with E-state index >= 15 is 0 Å². The van der Waals surface area contributed by atoms with Crippen molar-refractivity contribution in [2.24, 2.45) is 0 Å². The smallest absolute Gasteiger partial charge is 0.284 e. The Balaban J connectivity index is 3.62. The summed E-state index contributed by atoms with van der Waals surface area (Å²) in [5.74, 6) is -21.7. The van der Waals surface area contributed by atoms with Gasteiger partial charge < -0.3 is 0 Å². The Kier molecular flexibility index (Phi) is 3.14. The summed E-state index contributed by atoms with van der Waals surface area (Å²) in [6.45, 7) is 0. The summed E-state index contributed by atoms with van der Waals surface area (Å²) in [7, 11) is 0. The van der Waals surface area contributed by atoms with E-state index in [-0.39, 0.29) is 0 Å². The average Bonchev–Trinajstić information content (AvgIpc) is 2.06. The maximum Gasteiger partial charge on any atom is 0.381 e. The summed E-state index contributed by atoms with van der Waals surface area (Å²) in [5, 5.41) is -4.60. The van der Waals surface area contributed by atoms with E-state index in [4.69, 9.17) is 22.5 Å². The SMILES string of the molecule is O=P(Cl)(Cl)C1=C(Cl)C(F)(F)C(F)(F)C1(F)F. The number of hydrogen-bond acceptors (Lipinski definition) is 1. The minimum absolute atomic E-state index is 2.28. The highest BCUT2D eigenvalue weighted by atomic mass is 35.9. The molecule has 0 bridgehead atoms. The van der Waals surface area contributed by atoms with Crippen molar-refractivity contribution in [2.75, 3.05) is 0 Å². The van der Waals surface area contributed by atoms with Crippen LogP contribution in [0.2, 0.25) is 0 Å². The van der Waals surface area contributed by atoms with Gasteiger partial charge >= 0.3 is 17.8 Å². The number of alkyl halides is 6. The monoisotopic (exact) mass is 326 g/mol. The maximum atomic E-state index is 12.9. The van der Waals surface area contributed by atoms with Crippen LogP contribution in [0, 0.1) is 0 Å². The minimum atomic E-state index is -5.83. The molecule has 1 rings (SSSR count). The normalized spacial score (nSPS) is 27.3. The Bertz CT molecular complexity index is 412. The first-order chi connectivity index (χ1) is 6.78. The van der Waals surface area contributed by atoms with Crippen molar-refractivity contribution < 1.29 is 30.9 Å². The highest BCUT2D eigenvalue weighted by Gasteiger charge is 2.82. The van der Waals surface area contributed by atoms with Gasteiger partial charge in [-0.1, -0.05) is 11.6 Å². The molecule has 0 aliphatic heterocycles. The molecule has 0 amide bonds. The lowest BCUT2D eigenvalue weighted by Gasteiger charge is -2.24. The number of halogens is 9. The van der Waals surface area contributed by atoms with Crippen molar-refractivity contribution in [3.05, 3.63) is 10.3 Å².